The van der Waals surface area contributed by atoms with E-state index in [1.807, 2.05) is 30.3 Å². The molecule has 0 aliphatic carbocycles. The second-order valence-corrected chi connectivity index (χ2v) is 6.37. The molecule has 0 saturated carbocycles. The second kappa shape index (κ2) is 6.88. The Kier molecular flexibility index (Phi) is 4.38. The molecule has 0 amide bonds. The van der Waals surface area contributed by atoms with E-state index in [9.17, 15) is 13.6 Å². The van der Waals surface area contributed by atoms with Gasteiger partial charge in [0.2, 0.25) is 5.78 Å². The zero-order valence-electron chi connectivity index (χ0n) is 14.9. The van der Waals surface area contributed by atoms with Crippen molar-refractivity contribution in [3.05, 3.63) is 82.3 Å². The van der Waals surface area contributed by atoms with Gasteiger partial charge in [-0.25, -0.2) is 8.78 Å². The monoisotopic (exact) mass is 382 g/mol. The Morgan fingerprint density at radius 2 is 1.82 bits per heavy atom. The number of hydrogen-bond donors (Lipinski definition) is 1. The summed E-state index contributed by atoms with van der Waals surface area (Å²) in [6.07, 6.45) is 0. The Morgan fingerprint density at radius 3 is 2.50 bits per heavy atom. The molecule has 0 aliphatic rings. The molecule has 142 valence electrons. The molecule has 4 aromatic rings. The SMILES string of the molecule is CC(F)(F)c1ccc(OCc2cc(=O)n3nc(-c4ccccc4)nc3[nH]2)cc1. The lowest BCUT2D eigenvalue weighted by Gasteiger charge is -2.11. The number of aromatic nitrogens is 4. The van der Waals surface area contributed by atoms with Crippen LogP contribution in [0.2, 0.25) is 0 Å². The number of benzene rings is 2. The van der Waals surface area contributed by atoms with E-state index in [4.69, 9.17) is 4.74 Å². The molecule has 0 aliphatic heterocycles. The number of nitrogens with one attached hydrogen (secondary N) is 1. The third-order valence-corrected chi connectivity index (χ3v) is 4.17. The molecule has 2 aromatic heterocycles. The summed E-state index contributed by atoms with van der Waals surface area (Å²) < 4.78 is 33.3. The fourth-order valence-electron chi connectivity index (χ4n) is 2.73. The molecule has 0 bridgehead atoms. The minimum absolute atomic E-state index is 0.0567. The van der Waals surface area contributed by atoms with E-state index < -0.39 is 5.92 Å². The van der Waals surface area contributed by atoms with Gasteiger partial charge in [0.25, 0.3) is 11.5 Å². The fourth-order valence-corrected chi connectivity index (χ4v) is 2.73. The average Bonchev–Trinajstić information content (AvgIpc) is 3.12. The van der Waals surface area contributed by atoms with Crippen molar-refractivity contribution in [3.8, 4) is 17.1 Å². The van der Waals surface area contributed by atoms with Gasteiger partial charge < -0.3 is 9.72 Å². The number of rotatable bonds is 5. The molecule has 4 rings (SSSR count). The Labute approximate surface area is 158 Å². The molecule has 6 nitrogen and oxygen atoms in total. The summed E-state index contributed by atoms with van der Waals surface area (Å²) in [7, 11) is 0. The van der Waals surface area contributed by atoms with Gasteiger partial charge in [0.15, 0.2) is 5.82 Å². The normalized spacial score (nSPS) is 11.7. The predicted octanol–water partition coefficient (Wildman–Crippen LogP) is 3.78. The molecular weight excluding hydrogens is 366 g/mol. The van der Waals surface area contributed by atoms with E-state index in [0.717, 1.165) is 12.5 Å². The van der Waals surface area contributed by atoms with E-state index >= 15 is 0 Å². The van der Waals surface area contributed by atoms with Crippen molar-refractivity contribution >= 4 is 5.78 Å². The van der Waals surface area contributed by atoms with Crippen LogP contribution in [-0.4, -0.2) is 19.6 Å². The van der Waals surface area contributed by atoms with Crippen LogP contribution >= 0.6 is 0 Å². The third-order valence-electron chi connectivity index (χ3n) is 4.17. The van der Waals surface area contributed by atoms with Gasteiger partial charge >= 0.3 is 0 Å². The lowest BCUT2D eigenvalue weighted by molar-refractivity contribution is 0.0174. The first-order chi connectivity index (χ1) is 13.4. The Hall–Kier alpha value is -3.55. The van der Waals surface area contributed by atoms with Crippen molar-refractivity contribution in [1.82, 2.24) is 19.6 Å². The quantitative estimate of drug-likeness (QED) is 0.570. The number of aromatic amines is 1. The first-order valence-corrected chi connectivity index (χ1v) is 8.56. The van der Waals surface area contributed by atoms with Gasteiger partial charge in [0, 0.05) is 24.1 Å². The molecule has 28 heavy (non-hydrogen) atoms. The Morgan fingerprint density at radius 1 is 1.11 bits per heavy atom. The van der Waals surface area contributed by atoms with Crippen molar-refractivity contribution in [2.75, 3.05) is 0 Å². The number of H-pyrrole nitrogens is 1. The largest absolute Gasteiger partial charge is 0.487 e. The van der Waals surface area contributed by atoms with Crippen LogP contribution in [0.3, 0.4) is 0 Å². The number of alkyl halides is 2. The molecule has 2 aromatic carbocycles. The smallest absolute Gasteiger partial charge is 0.276 e. The molecule has 0 fully saturated rings. The molecule has 1 N–H and O–H groups in total. The predicted molar refractivity (Wildman–Crippen MR) is 99.4 cm³/mol. The van der Waals surface area contributed by atoms with Crippen LogP contribution in [0.1, 0.15) is 18.2 Å². The van der Waals surface area contributed by atoms with Gasteiger partial charge in [-0.15, -0.1) is 5.10 Å². The van der Waals surface area contributed by atoms with Crippen molar-refractivity contribution in [1.29, 1.82) is 0 Å². The van der Waals surface area contributed by atoms with Gasteiger partial charge in [-0.3, -0.25) is 4.79 Å². The molecule has 0 unspecified atom stereocenters. The second-order valence-electron chi connectivity index (χ2n) is 6.37. The van der Waals surface area contributed by atoms with Crippen LogP contribution < -0.4 is 10.3 Å². The summed E-state index contributed by atoms with van der Waals surface area (Å²) in [6.45, 7) is 0.895. The first-order valence-electron chi connectivity index (χ1n) is 8.56. The van der Waals surface area contributed by atoms with Crippen molar-refractivity contribution in [3.63, 3.8) is 0 Å². The number of ether oxygens (including phenoxy) is 1. The van der Waals surface area contributed by atoms with Crippen LogP contribution in [-0.2, 0) is 12.5 Å². The maximum Gasteiger partial charge on any atom is 0.276 e. The van der Waals surface area contributed by atoms with Crippen LogP contribution in [0, 0.1) is 0 Å². The third kappa shape index (κ3) is 3.62. The highest BCUT2D eigenvalue weighted by molar-refractivity contribution is 5.56. The summed E-state index contributed by atoms with van der Waals surface area (Å²) in [4.78, 5) is 19.7. The van der Waals surface area contributed by atoms with E-state index in [2.05, 4.69) is 15.1 Å². The molecule has 0 saturated heterocycles. The summed E-state index contributed by atoms with van der Waals surface area (Å²) in [5.74, 6) is -1.76. The van der Waals surface area contributed by atoms with Gasteiger partial charge in [0.1, 0.15) is 12.4 Å². The molecule has 0 atom stereocenters. The molecular formula is C20H16F2N4O2. The van der Waals surface area contributed by atoms with Crippen LogP contribution in [0.25, 0.3) is 17.2 Å². The van der Waals surface area contributed by atoms with Gasteiger partial charge in [-0.1, -0.05) is 30.3 Å². The number of nitrogens with zero attached hydrogens (tertiary/aromatic N) is 3. The van der Waals surface area contributed by atoms with Crippen molar-refractivity contribution in [2.45, 2.75) is 19.5 Å². The summed E-state index contributed by atoms with van der Waals surface area (Å²) >= 11 is 0. The molecule has 2 heterocycles. The number of fused-ring (bicyclic) bond motifs is 1. The van der Waals surface area contributed by atoms with E-state index in [1.54, 1.807) is 0 Å². The summed E-state index contributed by atoms with van der Waals surface area (Å²) in [6, 6.07) is 16.2. The van der Waals surface area contributed by atoms with Gasteiger partial charge in [-0.2, -0.15) is 9.50 Å². The lowest BCUT2D eigenvalue weighted by atomic mass is 10.1. The standard InChI is InChI=1S/C20H16F2N4O2/c1-20(21,22)14-7-9-16(10-8-14)28-12-15-11-17(27)26-19(23-15)24-18(25-26)13-5-3-2-4-6-13/h2-11H,12H2,1H3,(H,23,24,25). The highest BCUT2D eigenvalue weighted by Gasteiger charge is 2.23. The maximum atomic E-state index is 13.3. The molecule has 0 radical (unpaired) electrons. The van der Waals surface area contributed by atoms with Crippen LogP contribution in [0.4, 0.5) is 8.78 Å². The highest BCUT2D eigenvalue weighted by atomic mass is 19.3. The van der Waals surface area contributed by atoms with Gasteiger partial charge in [-0.05, 0) is 24.3 Å². The first kappa shape index (κ1) is 17.8. The van der Waals surface area contributed by atoms with E-state index in [1.165, 1.54) is 34.8 Å². The van der Waals surface area contributed by atoms with Gasteiger partial charge in [0.05, 0.1) is 5.69 Å². The van der Waals surface area contributed by atoms with Crippen molar-refractivity contribution < 1.29 is 13.5 Å². The summed E-state index contributed by atoms with van der Waals surface area (Å²) in [5.41, 5.74) is 0.855. The fraction of sp³-hybridized carbons (Fsp3) is 0.150. The minimum Gasteiger partial charge on any atom is -0.487 e. The van der Waals surface area contributed by atoms with Crippen LogP contribution in [0.15, 0.2) is 65.5 Å². The molecule has 0 spiro atoms. The minimum atomic E-state index is -2.90. The average molecular weight is 382 g/mol. The highest BCUT2D eigenvalue weighted by Crippen LogP contribution is 2.28. The summed E-state index contributed by atoms with van der Waals surface area (Å²) in [5, 5.41) is 4.22. The maximum absolute atomic E-state index is 13.3. The Balaban J connectivity index is 1.55. The number of hydrogen-bond acceptors (Lipinski definition) is 4. The Bertz CT molecular complexity index is 1160. The van der Waals surface area contributed by atoms with Crippen LogP contribution in [0.5, 0.6) is 5.75 Å². The zero-order chi connectivity index (χ0) is 19.7. The number of halogens is 2. The van der Waals surface area contributed by atoms with E-state index in [-0.39, 0.29) is 17.7 Å². The molecule has 8 heteroatoms. The van der Waals surface area contributed by atoms with Crippen molar-refractivity contribution in [2.24, 2.45) is 0 Å². The topological polar surface area (TPSA) is 72.3 Å². The zero-order valence-corrected chi connectivity index (χ0v) is 14.9. The van der Waals surface area contributed by atoms with E-state index in [0.29, 0.717) is 23.0 Å². The lowest BCUT2D eigenvalue weighted by Crippen LogP contribution is -2.16.